The lowest BCUT2D eigenvalue weighted by molar-refractivity contribution is -0.125. The zero-order valence-electron chi connectivity index (χ0n) is 14.7. The van der Waals surface area contributed by atoms with Crippen LogP contribution in [0.25, 0.3) is 0 Å². The topological polar surface area (TPSA) is 117 Å². The van der Waals surface area contributed by atoms with Crippen molar-refractivity contribution in [1.82, 2.24) is 5.32 Å². The zero-order valence-corrected chi connectivity index (χ0v) is 14.7. The highest BCUT2D eigenvalue weighted by Gasteiger charge is 2.35. The molecule has 1 saturated heterocycles. The number of amides is 3. The van der Waals surface area contributed by atoms with Crippen molar-refractivity contribution in [2.75, 3.05) is 11.5 Å². The van der Waals surface area contributed by atoms with Crippen molar-refractivity contribution in [2.24, 2.45) is 0 Å². The molecule has 0 atom stereocenters. The fourth-order valence-electron chi connectivity index (χ4n) is 3.40. The van der Waals surface area contributed by atoms with E-state index in [0.717, 1.165) is 17.7 Å². The van der Waals surface area contributed by atoms with E-state index in [1.165, 1.54) is 18.2 Å². The van der Waals surface area contributed by atoms with Gasteiger partial charge in [0.25, 0.3) is 5.91 Å². The highest BCUT2D eigenvalue weighted by atomic mass is 16.5. The van der Waals surface area contributed by atoms with E-state index in [9.17, 15) is 24.4 Å². The summed E-state index contributed by atoms with van der Waals surface area (Å²) in [5.41, 5.74) is -0.445. The Bertz CT molecular complexity index is 820. The lowest BCUT2D eigenvalue weighted by atomic mass is 10.00. The van der Waals surface area contributed by atoms with Crippen LogP contribution in [-0.4, -0.2) is 35.8 Å². The van der Waals surface area contributed by atoms with Gasteiger partial charge in [-0.25, -0.2) is 4.79 Å². The number of nitrogens with zero attached hydrogens (tertiary/aromatic N) is 2. The molecule has 1 aliphatic heterocycles. The van der Waals surface area contributed by atoms with Crippen molar-refractivity contribution in [3.05, 3.63) is 29.8 Å². The lowest BCUT2D eigenvalue weighted by Gasteiger charge is -2.21. The van der Waals surface area contributed by atoms with Gasteiger partial charge in [-0.3, -0.25) is 19.3 Å². The van der Waals surface area contributed by atoms with Gasteiger partial charge in [-0.1, -0.05) is 6.07 Å². The van der Waals surface area contributed by atoms with Crippen LogP contribution in [0.1, 0.15) is 48.9 Å². The summed E-state index contributed by atoms with van der Waals surface area (Å²) in [6.45, 7) is -0.506. The van der Waals surface area contributed by atoms with E-state index in [2.05, 4.69) is 11.4 Å². The number of carbonyl (C=O) groups is 4. The second-order valence-electron chi connectivity index (χ2n) is 6.70. The molecule has 2 fully saturated rings. The lowest BCUT2D eigenvalue weighted by Crippen LogP contribution is -2.46. The Balaban J connectivity index is 1.61. The molecule has 0 aromatic heterocycles. The molecule has 1 aliphatic carbocycles. The smallest absolute Gasteiger partial charge is 0.338 e. The largest absolute Gasteiger partial charge is 0.452 e. The van der Waals surface area contributed by atoms with Gasteiger partial charge < -0.3 is 10.1 Å². The fraction of sp³-hybridized carbons (Fsp3) is 0.421. The van der Waals surface area contributed by atoms with Gasteiger partial charge in [0.1, 0.15) is 5.54 Å². The van der Waals surface area contributed by atoms with Crippen LogP contribution in [0.5, 0.6) is 0 Å². The Morgan fingerprint density at radius 2 is 1.85 bits per heavy atom. The van der Waals surface area contributed by atoms with Crippen molar-refractivity contribution in [2.45, 2.75) is 44.1 Å². The van der Waals surface area contributed by atoms with Gasteiger partial charge in [0, 0.05) is 12.8 Å². The van der Waals surface area contributed by atoms with Gasteiger partial charge in [-0.15, -0.1) is 0 Å². The fourth-order valence-corrected chi connectivity index (χ4v) is 3.40. The minimum Gasteiger partial charge on any atom is -0.452 e. The standard InChI is InChI=1S/C19H19N3O5/c20-12-19(8-1-2-9-19)21-15(23)11-27-18(26)13-4-3-5-14(10-13)22-16(24)6-7-17(22)25/h3-5,10H,1-2,6-9,11H2,(H,21,23). The number of nitriles is 1. The predicted molar refractivity (Wildman–Crippen MR) is 93.4 cm³/mol. The van der Waals surface area contributed by atoms with Crippen molar-refractivity contribution in [1.29, 1.82) is 5.26 Å². The molecular formula is C19H19N3O5. The summed E-state index contributed by atoms with van der Waals surface area (Å²) in [4.78, 5) is 48.9. The summed E-state index contributed by atoms with van der Waals surface area (Å²) < 4.78 is 5.01. The highest BCUT2D eigenvalue weighted by molar-refractivity contribution is 6.20. The van der Waals surface area contributed by atoms with Gasteiger partial charge in [0.15, 0.2) is 6.61 Å². The second-order valence-corrected chi connectivity index (χ2v) is 6.70. The predicted octanol–water partition coefficient (Wildman–Crippen LogP) is 1.45. The molecule has 1 aromatic rings. The van der Waals surface area contributed by atoms with Crippen LogP contribution < -0.4 is 10.2 Å². The molecule has 0 bridgehead atoms. The maximum atomic E-state index is 12.2. The van der Waals surface area contributed by atoms with Crippen LogP contribution in [-0.2, 0) is 19.1 Å². The average molecular weight is 369 g/mol. The number of ether oxygens (including phenoxy) is 1. The number of anilines is 1. The van der Waals surface area contributed by atoms with E-state index in [1.807, 2.05) is 0 Å². The number of hydrogen-bond acceptors (Lipinski definition) is 6. The molecule has 2 aliphatic rings. The first kappa shape index (κ1) is 18.6. The third kappa shape index (κ3) is 3.97. The SMILES string of the molecule is N#CC1(NC(=O)COC(=O)c2cccc(N3C(=O)CCC3=O)c2)CCCC1. The number of imide groups is 1. The summed E-state index contributed by atoms with van der Waals surface area (Å²) in [7, 11) is 0. The Morgan fingerprint density at radius 3 is 2.48 bits per heavy atom. The average Bonchev–Trinajstić information content (AvgIpc) is 3.26. The van der Waals surface area contributed by atoms with Crippen LogP contribution >= 0.6 is 0 Å². The van der Waals surface area contributed by atoms with Crippen LogP contribution in [0.4, 0.5) is 5.69 Å². The summed E-state index contributed by atoms with van der Waals surface area (Å²) in [5.74, 6) is -1.91. The molecule has 1 saturated carbocycles. The minimum absolute atomic E-state index is 0.128. The first-order valence-corrected chi connectivity index (χ1v) is 8.79. The first-order valence-electron chi connectivity index (χ1n) is 8.79. The molecule has 0 radical (unpaired) electrons. The van der Waals surface area contributed by atoms with Crippen LogP contribution in [0.3, 0.4) is 0 Å². The Hall–Kier alpha value is -3.21. The Morgan fingerprint density at radius 1 is 1.19 bits per heavy atom. The molecular weight excluding hydrogens is 350 g/mol. The normalized spacial score (nSPS) is 18.3. The Kier molecular flexibility index (Phi) is 5.21. The maximum Gasteiger partial charge on any atom is 0.338 e. The summed E-state index contributed by atoms with van der Waals surface area (Å²) >= 11 is 0. The second kappa shape index (κ2) is 7.58. The zero-order chi connectivity index (χ0) is 19.4. The minimum atomic E-state index is -0.875. The number of nitrogens with one attached hydrogen (secondary N) is 1. The Labute approximate surface area is 156 Å². The van der Waals surface area contributed by atoms with E-state index in [-0.39, 0.29) is 30.2 Å². The van der Waals surface area contributed by atoms with Crippen molar-refractivity contribution < 1.29 is 23.9 Å². The number of hydrogen-bond donors (Lipinski definition) is 1. The quantitative estimate of drug-likeness (QED) is 0.620. The van der Waals surface area contributed by atoms with Crippen molar-refractivity contribution >= 4 is 29.4 Å². The third-order valence-corrected chi connectivity index (χ3v) is 4.78. The number of benzene rings is 1. The molecule has 3 amide bonds. The van der Waals surface area contributed by atoms with E-state index in [1.54, 1.807) is 6.07 Å². The number of carbonyl (C=O) groups excluding carboxylic acids is 4. The van der Waals surface area contributed by atoms with E-state index in [0.29, 0.717) is 18.5 Å². The molecule has 140 valence electrons. The van der Waals surface area contributed by atoms with Crippen LogP contribution in [0.15, 0.2) is 24.3 Å². The molecule has 0 unspecified atom stereocenters. The van der Waals surface area contributed by atoms with E-state index in [4.69, 9.17) is 4.74 Å². The summed E-state index contributed by atoms with van der Waals surface area (Å²) in [6.07, 6.45) is 3.21. The summed E-state index contributed by atoms with van der Waals surface area (Å²) in [6, 6.07) is 8.08. The van der Waals surface area contributed by atoms with Crippen molar-refractivity contribution in [3.63, 3.8) is 0 Å². The number of esters is 1. The highest BCUT2D eigenvalue weighted by Crippen LogP contribution is 2.28. The molecule has 3 rings (SSSR count). The monoisotopic (exact) mass is 369 g/mol. The van der Waals surface area contributed by atoms with Gasteiger partial charge in [-0.05, 0) is 43.9 Å². The third-order valence-electron chi connectivity index (χ3n) is 4.78. The molecule has 1 aromatic carbocycles. The van der Waals surface area contributed by atoms with Crippen molar-refractivity contribution in [3.8, 4) is 6.07 Å². The first-order chi connectivity index (χ1) is 12.9. The molecule has 0 spiro atoms. The van der Waals surface area contributed by atoms with E-state index < -0.39 is 24.0 Å². The van der Waals surface area contributed by atoms with Gasteiger partial charge >= 0.3 is 5.97 Å². The van der Waals surface area contributed by atoms with Crippen LogP contribution in [0.2, 0.25) is 0 Å². The molecule has 1 heterocycles. The van der Waals surface area contributed by atoms with Crippen LogP contribution in [0, 0.1) is 11.3 Å². The molecule has 8 heteroatoms. The van der Waals surface area contributed by atoms with E-state index >= 15 is 0 Å². The van der Waals surface area contributed by atoms with Gasteiger partial charge in [-0.2, -0.15) is 5.26 Å². The summed E-state index contributed by atoms with van der Waals surface area (Å²) in [5, 5.41) is 11.9. The maximum absolute atomic E-state index is 12.2. The molecule has 1 N–H and O–H groups in total. The molecule has 27 heavy (non-hydrogen) atoms. The van der Waals surface area contributed by atoms with Gasteiger partial charge in [0.2, 0.25) is 11.8 Å². The number of rotatable bonds is 5. The van der Waals surface area contributed by atoms with Gasteiger partial charge in [0.05, 0.1) is 17.3 Å². The molecule has 8 nitrogen and oxygen atoms in total.